The van der Waals surface area contributed by atoms with Crippen molar-refractivity contribution in [3.8, 4) is 0 Å². The summed E-state index contributed by atoms with van der Waals surface area (Å²) in [4.78, 5) is 27.9. The molecule has 4 heterocycles. The number of imide groups is 1. The molecule has 1 aromatic rings. The maximum absolute atomic E-state index is 12.7. The molecular weight excluding hydrogens is 384 g/mol. The van der Waals surface area contributed by atoms with E-state index in [9.17, 15) is 9.59 Å². The average molecular weight is 411 g/mol. The van der Waals surface area contributed by atoms with Gasteiger partial charge in [0, 0.05) is 32.8 Å². The fourth-order valence-electron chi connectivity index (χ4n) is 3.63. The summed E-state index contributed by atoms with van der Waals surface area (Å²) in [5, 5.41) is 11.7. The van der Waals surface area contributed by atoms with Gasteiger partial charge in [-0.1, -0.05) is 11.8 Å². The Morgan fingerprint density at radius 2 is 2.11 bits per heavy atom. The number of carbonyl (C=O) groups excluding carboxylic acids is 2. The molecule has 154 valence electrons. The number of amides is 3. The molecule has 2 atom stereocenters. The van der Waals surface area contributed by atoms with Crippen LogP contribution in [0.15, 0.2) is 5.16 Å². The summed E-state index contributed by atoms with van der Waals surface area (Å²) < 4.78 is 13.3. The van der Waals surface area contributed by atoms with Crippen molar-refractivity contribution in [1.82, 2.24) is 25.0 Å². The first kappa shape index (κ1) is 19.5. The van der Waals surface area contributed by atoms with Crippen LogP contribution in [0, 0.1) is 0 Å². The van der Waals surface area contributed by atoms with E-state index >= 15 is 0 Å². The molecule has 0 radical (unpaired) electrons. The van der Waals surface area contributed by atoms with Gasteiger partial charge in [-0.15, -0.1) is 10.2 Å². The minimum atomic E-state index is -0.436. The number of aromatic nitrogens is 3. The third kappa shape index (κ3) is 4.11. The van der Waals surface area contributed by atoms with Gasteiger partial charge in [0.25, 0.3) is 0 Å². The number of nitrogens with one attached hydrogen (secondary N) is 1. The van der Waals surface area contributed by atoms with Gasteiger partial charge in [0.1, 0.15) is 0 Å². The third-order valence-electron chi connectivity index (χ3n) is 5.15. The Morgan fingerprint density at radius 1 is 1.29 bits per heavy atom. The Bertz CT molecular complexity index is 717. The molecule has 2 unspecified atom stereocenters. The lowest BCUT2D eigenvalue weighted by atomic mass is 10.2. The van der Waals surface area contributed by atoms with Crippen LogP contribution in [0.25, 0.3) is 0 Å². The molecular formula is C17H26N6O4S. The number of rotatable bonds is 6. The molecule has 4 rings (SSSR count). The molecule has 0 aromatic carbocycles. The van der Waals surface area contributed by atoms with E-state index in [-0.39, 0.29) is 18.0 Å². The maximum atomic E-state index is 12.7. The summed E-state index contributed by atoms with van der Waals surface area (Å²) in [7, 11) is 0. The predicted molar refractivity (Wildman–Crippen MR) is 102 cm³/mol. The molecule has 3 aliphatic rings. The highest BCUT2D eigenvalue weighted by Crippen LogP contribution is 2.29. The van der Waals surface area contributed by atoms with E-state index in [0.29, 0.717) is 38.0 Å². The zero-order valence-electron chi connectivity index (χ0n) is 16.0. The Balaban J connectivity index is 1.52. The number of nitrogens with zero attached hydrogens (tertiary/aromatic N) is 5. The summed E-state index contributed by atoms with van der Waals surface area (Å²) >= 11 is 1.34. The van der Waals surface area contributed by atoms with Crippen molar-refractivity contribution in [2.45, 2.75) is 42.8 Å². The molecule has 3 aliphatic heterocycles. The van der Waals surface area contributed by atoms with Gasteiger partial charge in [-0.25, -0.2) is 4.79 Å². The first-order chi connectivity index (χ1) is 13.6. The van der Waals surface area contributed by atoms with Crippen molar-refractivity contribution in [3.63, 3.8) is 0 Å². The van der Waals surface area contributed by atoms with Crippen LogP contribution in [0.3, 0.4) is 0 Å². The molecule has 3 amide bonds. The minimum absolute atomic E-state index is 0.130. The Labute approximate surface area is 167 Å². The van der Waals surface area contributed by atoms with Crippen LogP contribution in [-0.2, 0) is 20.8 Å². The van der Waals surface area contributed by atoms with E-state index in [1.807, 2.05) is 0 Å². The van der Waals surface area contributed by atoms with Crippen LogP contribution in [0.4, 0.5) is 10.7 Å². The van der Waals surface area contributed by atoms with Crippen molar-refractivity contribution >= 4 is 29.6 Å². The minimum Gasteiger partial charge on any atom is -0.378 e. The van der Waals surface area contributed by atoms with Crippen molar-refractivity contribution in [2.75, 3.05) is 50.9 Å². The summed E-state index contributed by atoms with van der Waals surface area (Å²) in [6, 6.07) is -0.327. The predicted octanol–water partition coefficient (Wildman–Crippen LogP) is 0.326. The Morgan fingerprint density at radius 3 is 2.79 bits per heavy atom. The molecule has 0 spiro atoms. The van der Waals surface area contributed by atoms with Crippen LogP contribution in [0.1, 0.15) is 19.8 Å². The van der Waals surface area contributed by atoms with Crippen LogP contribution < -0.4 is 10.2 Å². The van der Waals surface area contributed by atoms with E-state index in [4.69, 9.17) is 9.47 Å². The van der Waals surface area contributed by atoms with Gasteiger partial charge in [0.2, 0.25) is 11.9 Å². The van der Waals surface area contributed by atoms with E-state index in [1.54, 1.807) is 6.92 Å². The van der Waals surface area contributed by atoms with Gasteiger partial charge in [0.15, 0.2) is 5.16 Å². The van der Waals surface area contributed by atoms with Crippen molar-refractivity contribution in [2.24, 2.45) is 0 Å². The fourth-order valence-corrected chi connectivity index (χ4v) is 4.54. The number of ether oxygens (including phenoxy) is 2. The highest BCUT2D eigenvalue weighted by atomic mass is 32.2. The summed E-state index contributed by atoms with van der Waals surface area (Å²) in [6.45, 7) is 6.99. The monoisotopic (exact) mass is 410 g/mol. The highest BCUT2D eigenvalue weighted by Gasteiger charge is 2.32. The molecule has 10 nitrogen and oxygen atoms in total. The first-order valence-electron chi connectivity index (χ1n) is 9.77. The SMILES string of the molecule is CC(Sc1nnc(N2CCOCC2)n1CC1CCCO1)C(=O)N1CCNC1=O. The zero-order chi connectivity index (χ0) is 19.5. The molecule has 3 fully saturated rings. The number of hydrogen-bond acceptors (Lipinski definition) is 8. The fraction of sp³-hybridized carbons (Fsp3) is 0.765. The quantitative estimate of drug-likeness (QED) is 0.670. The Kier molecular flexibility index (Phi) is 6.02. The molecule has 0 bridgehead atoms. The van der Waals surface area contributed by atoms with Crippen LogP contribution >= 0.6 is 11.8 Å². The summed E-state index contributed by atoms with van der Waals surface area (Å²) in [6.07, 6.45) is 2.19. The number of morpholine rings is 1. The second-order valence-electron chi connectivity index (χ2n) is 7.11. The standard InChI is InChI=1S/C17H26N6O4S/c1-12(14(24)22-5-4-18-16(22)25)28-17-20-19-15(21-6-9-26-10-7-21)23(17)11-13-3-2-8-27-13/h12-13H,2-11H2,1H3,(H,18,25). The lowest BCUT2D eigenvalue weighted by Crippen LogP contribution is -2.39. The van der Waals surface area contributed by atoms with Crippen LogP contribution in [0.2, 0.25) is 0 Å². The molecule has 3 saturated heterocycles. The zero-order valence-corrected chi connectivity index (χ0v) is 16.8. The van der Waals surface area contributed by atoms with E-state index < -0.39 is 5.25 Å². The largest absolute Gasteiger partial charge is 0.378 e. The number of carbonyl (C=O) groups is 2. The lowest BCUT2D eigenvalue weighted by Gasteiger charge is -2.28. The van der Waals surface area contributed by atoms with Crippen molar-refractivity contribution in [3.05, 3.63) is 0 Å². The van der Waals surface area contributed by atoms with E-state index in [2.05, 4.69) is 25.0 Å². The van der Waals surface area contributed by atoms with Gasteiger partial charge in [-0.2, -0.15) is 0 Å². The van der Waals surface area contributed by atoms with Crippen molar-refractivity contribution in [1.29, 1.82) is 0 Å². The van der Waals surface area contributed by atoms with Gasteiger partial charge < -0.3 is 19.7 Å². The second-order valence-corrected chi connectivity index (χ2v) is 8.42. The number of thioether (sulfide) groups is 1. The van der Waals surface area contributed by atoms with Crippen molar-refractivity contribution < 1.29 is 19.1 Å². The maximum Gasteiger partial charge on any atom is 0.324 e. The highest BCUT2D eigenvalue weighted by molar-refractivity contribution is 8.00. The molecule has 28 heavy (non-hydrogen) atoms. The van der Waals surface area contributed by atoms with Gasteiger partial charge in [-0.3, -0.25) is 14.3 Å². The van der Waals surface area contributed by atoms with E-state index in [0.717, 1.165) is 38.5 Å². The lowest BCUT2D eigenvalue weighted by molar-refractivity contribution is -0.126. The van der Waals surface area contributed by atoms with Gasteiger partial charge >= 0.3 is 6.03 Å². The first-order valence-corrected chi connectivity index (χ1v) is 10.6. The summed E-state index contributed by atoms with van der Waals surface area (Å²) in [5.74, 6) is 0.583. The number of hydrogen-bond donors (Lipinski definition) is 1. The third-order valence-corrected chi connectivity index (χ3v) is 6.22. The molecule has 0 aliphatic carbocycles. The van der Waals surface area contributed by atoms with E-state index in [1.165, 1.54) is 16.7 Å². The van der Waals surface area contributed by atoms with Gasteiger partial charge in [0.05, 0.1) is 31.1 Å². The number of urea groups is 1. The smallest absolute Gasteiger partial charge is 0.324 e. The molecule has 1 aromatic heterocycles. The molecule has 0 saturated carbocycles. The second kappa shape index (κ2) is 8.66. The normalized spacial score (nSPS) is 23.9. The van der Waals surface area contributed by atoms with Crippen LogP contribution in [-0.4, -0.2) is 89.0 Å². The Hall–Kier alpha value is -1.85. The topological polar surface area (TPSA) is 102 Å². The van der Waals surface area contributed by atoms with Crippen LogP contribution in [0.5, 0.6) is 0 Å². The average Bonchev–Trinajstić information content (AvgIpc) is 3.45. The molecule has 11 heteroatoms. The number of anilines is 1. The van der Waals surface area contributed by atoms with Gasteiger partial charge in [-0.05, 0) is 19.8 Å². The molecule has 1 N–H and O–H groups in total. The summed E-state index contributed by atoms with van der Waals surface area (Å²) in [5.41, 5.74) is 0.